The Hall–Kier alpha value is -0.480. The van der Waals surface area contributed by atoms with Crippen molar-refractivity contribution in [2.75, 3.05) is 0 Å². The van der Waals surface area contributed by atoms with E-state index >= 15 is 0 Å². The summed E-state index contributed by atoms with van der Waals surface area (Å²) in [5.41, 5.74) is 5.18. The van der Waals surface area contributed by atoms with Gasteiger partial charge < -0.3 is 5.73 Å². The predicted molar refractivity (Wildman–Crippen MR) is 44.9 cm³/mol. The SMILES string of the molecule is NC(=S)N=S1C=CC=C1. The quantitative estimate of drug-likeness (QED) is 0.536. The van der Waals surface area contributed by atoms with Crippen LogP contribution < -0.4 is 5.73 Å². The van der Waals surface area contributed by atoms with Crippen molar-refractivity contribution in [3.8, 4) is 0 Å². The molecule has 1 aliphatic heterocycles. The van der Waals surface area contributed by atoms with Crippen LogP contribution in [0.3, 0.4) is 0 Å². The Morgan fingerprint density at radius 1 is 1.44 bits per heavy atom. The van der Waals surface area contributed by atoms with E-state index in [1.165, 1.54) is 0 Å². The van der Waals surface area contributed by atoms with E-state index in [0.29, 0.717) is 0 Å². The number of allylic oxidation sites excluding steroid dienone is 2. The van der Waals surface area contributed by atoms with E-state index in [1.54, 1.807) is 0 Å². The summed E-state index contributed by atoms with van der Waals surface area (Å²) in [5, 5.41) is 4.15. The van der Waals surface area contributed by atoms with Gasteiger partial charge in [-0.2, -0.15) is 4.36 Å². The van der Waals surface area contributed by atoms with E-state index in [0.717, 1.165) is 0 Å². The van der Waals surface area contributed by atoms with Gasteiger partial charge in [-0.25, -0.2) is 0 Å². The van der Waals surface area contributed by atoms with Gasteiger partial charge in [0.15, 0.2) is 5.11 Å². The highest BCUT2D eigenvalue weighted by atomic mass is 32.2. The molecule has 0 atom stereocenters. The van der Waals surface area contributed by atoms with Gasteiger partial charge in [-0.05, 0) is 33.7 Å². The molecule has 9 heavy (non-hydrogen) atoms. The third-order valence-corrected chi connectivity index (χ3v) is 2.23. The predicted octanol–water partition coefficient (Wildman–Crippen LogP) is 1.07. The first-order valence-corrected chi connectivity index (χ1v) is 4.09. The number of nitrogens with two attached hydrogens (primary N) is 1. The monoisotopic (exact) mass is 158 g/mol. The number of hydrogen-bond acceptors (Lipinski definition) is 1. The lowest BCUT2D eigenvalue weighted by molar-refractivity contribution is 1.67. The molecular formula is C5H6N2S2. The Balaban J connectivity index is 2.73. The van der Waals surface area contributed by atoms with Crippen LogP contribution in [0.25, 0.3) is 0 Å². The van der Waals surface area contributed by atoms with Crippen LogP contribution >= 0.6 is 12.2 Å². The van der Waals surface area contributed by atoms with Crippen LogP contribution in [0.5, 0.6) is 0 Å². The van der Waals surface area contributed by atoms with Crippen molar-refractivity contribution >= 4 is 28.0 Å². The van der Waals surface area contributed by atoms with E-state index in [-0.39, 0.29) is 15.8 Å². The number of nitrogens with zero attached hydrogens (tertiary/aromatic N) is 1. The highest BCUT2D eigenvalue weighted by Crippen LogP contribution is 2.01. The normalized spacial score (nSPS) is 16.4. The van der Waals surface area contributed by atoms with Crippen LogP contribution in [0.1, 0.15) is 0 Å². The third-order valence-electron chi connectivity index (χ3n) is 0.742. The van der Waals surface area contributed by atoms with Gasteiger partial charge in [-0.3, -0.25) is 0 Å². The summed E-state index contributed by atoms with van der Waals surface area (Å²) in [4.78, 5) is 0. The fourth-order valence-electron chi connectivity index (χ4n) is 0.462. The van der Waals surface area contributed by atoms with Gasteiger partial charge >= 0.3 is 0 Å². The van der Waals surface area contributed by atoms with Crippen molar-refractivity contribution < 1.29 is 0 Å². The molecule has 0 radical (unpaired) electrons. The van der Waals surface area contributed by atoms with Gasteiger partial charge in [-0.1, -0.05) is 12.2 Å². The lowest BCUT2D eigenvalue weighted by atomic mass is 10.6. The van der Waals surface area contributed by atoms with E-state index in [4.69, 9.17) is 5.73 Å². The molecule has 2 N–H and O–H groups in total. The minimum Gasteiger partial charge on any atom is -0.374 e. The zero-order valence-electron chi connectivity index (χ0n) is 4.65. The van der Waals surface area contributed by atoms with Crippen molar-refractivity contribution in [1.82, 2.24) is 0 Å². The van der Waals surface area contributed by atoms with Crippen LogP contribution in [0.15, 0.2) is 27.3 Å². The number of rotatable bonds is 0. The molecule has 4 heteroatoms. The molecule has 0 bridgehead atoms. The molecule has 1 heterocycles. The van der Waals surface area contributed by atoms with Gasteiger partial charge in [0.25, 0.3) is 0 Å². The minimum absolute atomic E-state index is 0.160. The summed E-state index contributed by atoms with van der Waals surface area (Å²) in [6.45, 7) is 0. The molecule has 0 spiro atoms. The number of thiocarbonyl (C=S) groups is 1. The average Bonchev–Trinajstić information content (AvgIpc) is 2.15. The highest BCUT2D eigenvalue weighted by Gasteiger charge is 1.89. The molecule has 0 aromatic rings. The zero-order valence-corrected chi connectivity index (χ0v) is 6.28. The number of hydrogen-bond donors (Lipinski definition) is 1. The van der Waals surface area contributed by atoms with Crippen molar-refractivity contribution in [2.24, 2.45) is 10.1 Å². The smallest absolute Gasteiger partial charge is 0.196 e. The molecule has 0 amide bonds. The Kier molecular flexibility index (Phi) is 2.13. The summed E-state index contributed by atoms with van der Waals surface area (Å²) in [5.74, 6) is 0. The fraction of sp³-hybridized carbons (Fsp3) is 0. The molecule has 1 aliphatic rings. The lowest BCUT2D eigenvalue weighted by Gasteiger charge is -1.87. The second-order valence-electron chi connectivity index (χ2n) is 1.43. The maximum absolute atomic E-state index is 5.18. The van der Waals surface area contributed by atoms with Crippen LogP contribution in [-0.2, 0) is 10.7 Å². The topological polar surface area (TPSA) is 38.4 Å². The van der Waals surface area contributed by atoms with Crippen LogP contribution in [0, 0.1) is 0 Å². The van der Waals surface area contributed by atoms with E-state index in [2.05, 4.69) is 16.6 Å². The second kappa shape index (κ2) is 2.89. The molecule has 1 rings (SSSR count). The standard InChI is InChI=1S/C5H6N2S2/c6-5(8)7-9-3-1-2-4-9/h1-4H,(H2,6,8). The molecule has 0 unspecified atom stereocenters. The van der Waals surface area contributed by atoms with Gasteiger partial charge in [0.05, 0.1) is 0 Å². The largest absolute Gasteiger partial charge is 0.374 e. The molecule has 0 fully saturated rings. The van der Waals surface area contributed by atoms with Crippen LogP contribution in [-0.4, -0.2) is 5.11 Å². The molecule has 2 nitrogen and oxygen atoms in total. The maximum atomic E-state index is 5.18. The summed E-state index contributed by atoms with van der Waals surface area (Å²) in [7, 11) is -0.160. The van der Waals surface area contributed by atoms with E-state index < -0.39 is 0 Å². The molecule has 0 saturated heterocycles. The summed E-state index contributed by atoms with van der Waals surface area (Å²) in [6.07, 6.45) is 3.87. The van der Waals surface area contributed by atoms with Crippen molar-refractivity contribution in [1.29, 1.82) is 0 Å². The van der Waals surface area contributed by atoms with E-state index in [9.17, 15) is 0 Å². The van der Waals surface area contributed by atoms with Crippen LogP contribution in [0.2, 0.25) is 0 Å². The van der Waals surface area contributed by atoms with Crippen molar-refractivity contribution in [2.45, 2.75) is 0 Å². The first-order chi connectivity index (χ1) is 4.29. The van der Waals surface area contributed by atoms with Crippen molar-refractivity contribution in [3.63, 3.8) is 0 Å². The fourth-order valence-corrected chi connectivity index (χ4v) is 1.64. The highest BCUT2D eigenvalue weighted by molar-refractivity contribution is 7.94. The second-order valence-corrected chi connectivity index (χ2v) is 3.27. The Morgan fingerprint density at radius 3 is 2.44 bits per heavy atom. The zero-order chi connectivity index (χ0) is 6.69. The Labute approximate surface area is 61.5 Å². The van der Waals surface area contributed by atoms with Crippen molar-refractivity contribution in [3.05, 3.63) is 23.0 Å². The Morgan fingerprint density at radius 2 is 2.00 bits per heavy atom. The molecule has 48 valence electrons. The first-order valence-electron chi connectivity index (χ1n) is 2.37. The Bertz CT molecular complexity index is 201. The first kappa shape index (κ1) is 6.64. The van der Waals surface area contributed by atoms with Gasteiger partial charge in [-0.15, -0.1) is 0 Å². The van der Waals surface area contributed by atoms with Gasteiger partial charge in [0.2, 0.25) is 0 Å². The molecule has 0 saturated carbocycles. The molecule has 0 aromatic heterocycles. The summed E-state index contributed by atoms with van der Waals surface area (Å²) < 4.78 is 3.94. The summed E-state index contributed by atoms with van der Waals surface area (Å²) in [6, 6.07) is 0. The molecule has 0 aliphatic carbocycles. The lowest BCUT2D eigenvalue weighted by Crippen LogP contribution is -2.03. The summed E-state index contributed by atoms with van der Waals surface area (Å²) >= 11 is 4.58. The van der Waals surface area contributed by atoms with Gasteiger partial charge in [0, 0.05) is 0 Å². The third kappa shape index (κ3) is 2.07. The van der Waals surface area contributed by atoms with Gasteiger partial charge in [0.1, 0.15) is 0 Å². The minimum atomic E-state index is -0.160. The van der Waals surface area contributed by atoms with Crippen LogP contribution in [0.4, 0.5) is 0 Å². The average molecular weight is 158 g/mol. The maximum Gasteiger partial charge on any atom is 0.196 e. The van der Waals surface area contributed by atoms with E-state index in [1.807, 2.05) is 23.0 Å². The molecular weight excluding hydrogens is 152 g/mol. The molecule has 0 aromatic carbocycles.